The highest BCUT2D eigenvalue weighted by molar-refractivity contribution is 7.92. The second-order valence-electron chi connectivity index (χ2n) is 7.92. The van der Waals surface area contributed by atoms with Gasteiger partial charge in [0.1, 0.15) is 0 Å². The number of sulfonamides is 1. The average molecular weight is 484 g/mol. The predicted octanol–water partition coefficient (Wildman–Crippen LogP) is 3.89. The highest BCUT2D eigenvalue weighted by Gasteiger charge is 2.33. The normalized spacial score (nSPS) is 16.8. The van der Waals surface area contributed by atoms with E-state index in [2.05, 4.69) is 5.32 Å². The quantitative estimate of drug-likeness (QED) is 0.430. The second-order valence-corrected chi connectivity index (χ2v) is 9.85. The summed E-state index contributed by atoms with van der Waals surface area (Å²) in [6, 6.07) is 14.8. The minimum Gasteiger partial charge on any atom is -0.478 e. The zero-order valence-electron chi connectivity index (χ0n) is 18.9. The zero-order valence-corrected chi connectivity index (χ0v) is 19.7. The first kappa shape index (κ1) is 24.9. The average Bonchev–Trinajstić information content (AvgIpc) is 2.78. The van der Waals surface area contributed by atoms with Crippen LogP contribution in [0.5, 0.6) is 0 Å². The molecule has 0 radical (unpaired) electrons. The number of rotatable bonds is 8. The maximum atomic E-state index is 12.9. The second kappa shape index (κ2) is 10.0. The van der Waals surface area contributed by atoms with Gasteiger partial charge in [0.25, 0.3) is 5.69 Å². The van der Waals surface area contributed by atoms with Gasteiger partial charge in [0.05, 0.1) is 10.5 Å². The molecule has 3 rings (SSSR count). The molecule has 1 aliphatic rings. The van der Waals surface area contributed by atoms with Crippen molar-refractivity contribution in [2.45, 2.75) is 26.3 Å². The molecule has 0 saturated heterocycles. The number of allylic oxidation sites excluding steroid dienone is 4. The van der Waals surface area contributed by atoms with Crippen LogP contribution in [0.1, 0.15) is 30.9 Å². The van der Waals surface area contributed by atoms with Gasteiger partial charge in [-0.3, -0.25) is 10.1 Å². The van der Waals surface area contributed by atoms with Gasteiger partial charge in [-0.05, 0) is 36.6 Å². The summed E-state index contributed by atoms with van der Waals surface area (Å²) in [4.78, 5) is 22.9. The lowest BCUT2D eigenvalue weighted by Crippen LogP contribution is -2.28. The minimum absolute atomic E-state index is 0.0132. The molecular formula is C24H25N3O6S. The van der Waals surface area contributed by atoms with Gasteiger partial charge in [-0.25, -0.2) is 13.2 Å². The summed E-state index contributed by atoms with van der Waals surface area (Å²) in [6.07, 6.45) is 1.36. The molecule has 10 heteroatoms. The molecule has 0 saturated carbocycles. The van der Waals surface area contributed by atoms with Crippen molar-refractivity contribution in [3.8, 4) is 0 Å². The molecule has 0 aromatic heterocycles. The van der Waals surface area contributed by atoms with Crippen LogP contribution < -0.4 is 5.32 Å². The van der Waals surface area contributed by atoms with E-state index in [1.54, 1.807) is 19.9 Å². The molecular weight excluding hydrogens is 458 g/mol. The number of hydrogen-bond acceptors (Lipinski definition) is 6. The third-order valence-corrected chi connectivity index (χ3v) is 7.04. The first-order valence-electron chi connectivity index (χ1n) is 10.4. The summed E-state index contributed by atoms with van der Waals surface area (Å²) < 4.78 is 27.0. The van der Waals surface area contributed by atoms with Crippen LogP contribution >= 0.6 is 0 Å². The Morgan fingerprint density at radius 3 is 2.44 bits per heavy atom. The number of nitro benzene ring substituents is 1. The first-order valence-corrected chi connectivity index (χ1v) is 11.9. The number of aliphatic carboxylic acids is 1. The van der Waals surface area contributed by atoms with E-state index in [9.17, 15) is 28.4 Å². The van der Waals surface area contributed by atoms with E-state index in [4.69, 9.17) is 0 Å². The standard InChI is InChI=1S/C24H25N3O6S/c1-16-21(12-13-34(32,33)26(3)15-18-8-5-4-6-9-18)23(22(24(28)29)17(2)25-16)19-10-7-11-20(14-19)27(30)31/h4-14,23,25H,15H2,1-3H3,(H,28,29)/b13-12+. The Hall–Kier alpha value is -3.76. The van der Waals surface area contributed by atoms with E-state index in [1.807, 2.05) is 30.3 Å². The van der Waals surface area contributed by atoms with Gasteiger partial charge in [-0.2, -0.15) is 4.31 Å². The number of benzene rings is 2. The van der Waals surface area contributed by atoms with Crippen LogP contribution in [0.2, 0.25) is 0 Å². The molecule has 1 aliphatic heterocycles. The number of non-ortho nitro benzene ring substituents is 1. The number of nitrogens with one attached hydrogen (secondary N) is 1. The number of carbonyl (C=O) groups is 1. The minimum atomic E-state index is -3.84. The van der Waals surface area contributed by atoms with E-state index >= 15 is 0 Å². The van der Waals surface area contributed by atoms with Crippen molar-refractivity contribution in [1.82, 2.24) is 9.62 Å². The van der Waals surface area contributed by atoms with Crippen molar-refractivity contribution in [2.24, 2.45) is 0 Å². The summed E-state index contributed by atoms with van der Waals surface area (Å²) in [7, 11) is -2.38. The smallest absolute Gasteiger partial charge is 0.334 e. The number of nitro groups is 1. The van der Waals surface area contributed by atoms with E-state index in [0.717, 1.165) is 11.0 Å². The largest absolute Gasteiger partial charge is 0.478 e. The van der Waals surface area contributed by atoms with Gasteiger partial charge in [0.15, 0.2) is 0 Å². The van der Waals surface area contributed by atoms with Crippen molar-refractivity contribution in [1.29, 1.82) is 0 Å². The lowest BCUT2D eigenvalue weighted by atomic mass is 9.80. The molecule has 0 spiro atoms. The molecule has 0 fully saturated rings. The summed E-state index contributed by atoms with van der Waals surface area (Å²) in [5.74, 6) is -2.10. The number of dihydropyridines is 1. The van der Waals surface area contributed by atoms with Crippen LogP contribution in [-0.2, 0) is 21.4 Å². The molecule has 34 heavy (non-hydrogen) atoms. The molecule has 1 heterocycles. The van der Waals surface area contributed by atoms with Crippen LogP contribution in [0.3, 0.4) is 0 Å². The van der Waals surface area contributed by atoms with Crippen LogP contribution in [0.15, 0.2) is 88.6 Å². The Labute approximate surface area is 197 Å². The van der Waals surface area contributed by atoms with Crippen molar-refractivity contribution in [2.75, 3.05) is 7.05 Å². The number of carboxylic acids is 1. The van der Waals surface area contributed by atoms with Crippen molar-refractivity contribution in [3.05, 3.63) is 110 Å². The van der Waals surface area contributed by atoms with E-state index in [1.165, 1.54) is 35.6 Å². The summed E-state index contributed by atoms with van der Waals surface area (Å²) in [5, 5.41) is 25.2. The van der Waals surface area contributed by atoms with Crippen LogP contribution in [-0.4, -0.2) is 35.8 Å². The zero-order chi connectivity index (χ0) is 25.0. The van der Waals surface area contributed by atoms with Gasteiger partial charge < -0.3 is 10.4 Å². The van der Waals surface area contributed by atoms with Gasteiger partial charge in [0, 0.05) is 48.4 Å². The molecule has 0 aliphatic carbocycles. The van der Waals surface area contributed by atoms with Gasteiger partial charge in [-0.1, -0.05) is 42.5 Å². The predicted molar refractivity (Wildman–Crippen MR) is 128 cm³/mol. The fourth-order valence-corrected chi connectivity index (χ4v) is 4.73. The van der Waals surface area contributed by atoms with Crippen LogP contribution in [0.4, 0.5) is 5.69 Å². The Morgan fingerprint density at radius 2 is 1.82 bits per heavy atom. The highest BCUT2D eigenvalue weighted by Crippen LogP contribution is 2.39. The first-order chi connectivity index (χ1) is 16.0. The fourth-order valence-electron chi connectivity index (χ4n) is 3.87. The van der Waals surface area contributed by atoms with Gasteiger partial charge >= 0.3 is 5.97 Å². The Balaban J connectivity index is 2.03. The maximum Gasteiger partial charge on any atom is 0.334 e. The topological polar surface area (TPSA) is 130 Å². The molecule has 2 aromatic rings. The van der Waals surface area contributed by atoms with Crippen molar-refractivity contribution < 1.29 is 23.2 Å². The lowest BCUT2D eigenvalue weighted by molar-refractivity contribution is -0.384. The van der Waals surface area contributed by atoms with E-state index in [0.29, 0.717) is 22.5 Å². The molecule has 0 bridgehead atoms. The monoisotopic (exact) mass is 483 g/mol. The fraction of sp³-hybridized carbons (Fsp3) is 0.208. The molecule has 2 N–H and O–H groups in total. The molecule has 9 nitrogen and oxygen atoms in total. The van der Waals surface area contributed by atoms with Gasteiger partial charge in [-0.15, -0.1) is 0 Å². The number of carboxylic acid groups (broad SMARTS) is 1. The third-order valence-electron chi connectivity index (χ3n) is 5.56. The Kier molecular flexibility index (Phi) is 7.33. The van der Waals surface area contributed by atoms with Gasteiger partial charge in [0.2, 0.25) is 10.0 Å². The lowest BCUT2D eigenvalue weighted by Gasteiger charge is -2.29. The SMILES string of the molecule is CC1=C(/C=C/S(=O)(=O)N(C)Cc2ccccc2)C(c2cccc([N+](=O)[O-])c2)C(C(=O)O)=C(C)N1. The Bertz CT molecular complexity index is 1310. The van der Waals surface area contributed by atoms with Crippen molar-refractivity contribution >= 4 is 21.7 Å². The highest BCUT2D eigenvalue weighted by atomic mass is 32.2. The molecule has 178 valence electrons. The summed E-state index contributed by atoms with van der Waals surface area (Å²) >= 11 is 0. The molecule has 1 unspecified atom stereocenters. The van der Waals surface area contributed by atoms with E-state index in [-0.39, 0.29) is 17.8 Å². The van der Waals surface area contributed by atoms with Crippen molar-refractivity contribution in [3.63, 3.8) is 0 Å². The molecule has 1 atom stereocenters. The number of nitrogens with zero attached hydrogens (tertiary/aromatic N) is 2. The van der Waals surface area contributed by atoms with Crippen LogP contribution in [0.25, 0.3) is 0 Å². The maximum absolute atomic E-state index is 12.9. The number of hydrogen-bond donors (Lipinski definition) is 2. The molecule has 2 aromatic carbocycles. The summed E-state index contributed by atoms with van der Waals surface area (Å²) in [5.41, 5.74) is 2.31. The van der Waals surface area contributed by atoms with Crippen LogP contribution in [0, 0.1) is 10.1 Å². The summed E-state index contributed by atoms with van der Waals surface area (Å²) in [6.45, 7) is 3.46. The molecule has 0 amide bonds. The van der Waals surface area contributed by atoms with E-state index < -0.39 is 26.8 Å². The Morgan fingerprint density at radius 1 is 1.15 bits per heavy atom. The third kappa shape index (κ3) is 5.41.